The van der Waals surface area contributed by atoms with Gasteiger partial charge < -0.3 is 9.92 Å². The predicted molar refractivity (Wildman–Crippen MR) is 35.9 cm³/mol. The van der Waals surface area contributed by atoms with Gasteiger partial charge in [0.15, 0.2) is 7.98 Å². The van der Waals surface area contributed by atoms with Crippen LogP contribution in [0.15, 0.2) is 0 Å². The van der Waals surface area contributed by atoms with Crippen molar-refractivity contribution in [1.29, 1.82) is 0 Å². The lowest BCUT2D eigenvalue weighted by atomic mass is 10.2. The van der Waals surface area contributed by atoms with Gasteiger partial charge in [-0.3, -0.25) is 0 Å². The van der Waals surface area contributed by atoms with E-state index in [1.165, 1.54) is 19.4 Å². The zero-order chi connectivity index (χ0) is 5.98. The molecule has 0 aromatic carbocycles. The minimum atomic E-state index is 0.429. The SMILES string of the molecule is [BH3-][NH+]1CCC[C@H]1CO. The van der Waals surface area contributed by atoms with Crippen LogP contribution in [-0.2, 0) is 0 Å². The summed E-state index contributed by atoms with van der Waals surface area (Å²) < 4.78 is 0. The van der Waals surface area contributed by atoms with Crippen LogP contribution in [0.25, 0.3) is 0 Å². The standard InChI is InChI=1S/C5H14BNO/c6-7-3-1-2-5(7)4-8/h5,7-8H,1-4H2,6H3/t5-/m0/s1. The number of hydrogen-bond donors (Lipinski definition) is 2. The van der Waals surface area contributed by atoms with E-state index in [9.17, 15) is 0 Å². The lowest BCUT2D eigenvalue weighted by Crippen LogP contribution is -3.12. The maximum absolute atomic E-state index is 8.76. The van der Waals surface area contributed by atoms with Crippen LogP contribution < -0.4 is 4.81 Å². The van der Waals surface area contributed by atoms with Crippen LogP contribution >= 0.6 is 0 Å². The third-order valence-electron chi connectivity index (χ3n) is 1.38. The van der Waals surface area contributed by atoms with Crippen molar-refractivity contribution in [3.63, 3.8) is 0 Å². The van der Waals surface area contributed by atoms with Gasteiger partial charge >= 0.3 is 0 Å². The molecule has 1 rings (SSSR count). The van der Waals surface area contributed by atoms with Crippen LogP contribution in [0.2, 0.25) is 0 Å². The smallest absolute Gasteiger partial charge is 0.167 e. The molecule has 0 saturated carbocycles. The number of nitrogens with one attached hydrogen (secondary N) is 1. The fourth-order valence-electron chi connectivity index (χ4n) is 0.913. The molecule has 3 heteroatoms. The van der Waals surface area contributed by atoms with Crippen LogP contribution in [0.4, 0.5) is 0 Å². The van der Waals surface area contributed by atoms with Crippen molar-refractivity contribution in [1.82, 2.24) is 0 Å². The molecule has 48 valence electrons. The molecular formula is C5H14BNO. The molecule has 2 N–H and O–H groups in total. The summed E-state index contributed by atoms with van der Waals surface area (Å²) in [5.41, 5.74) is 0. The molecule has 0 radical (unpaired) electrons. The van der Waals surface area contributed by atoms with E-state index in [-0.39, 0.29) is 0 Å². The van der Waals surface area contributed by atoms with Gasteiger partial charge in [0.1, 0.15) is 0 Å². The van der Waals surface area contributed by atoms with E-state index in [0.29, 0.717) is 20.6 Å². The Hall–Kier alpha value is -0.0151. The molecule has 8 heavy (non-hydrogen) atoms. The van der Waals surface area contributed by atoms with Gasteiger partial charge in [-0.25, -0.2) is 0 Å². The highest BCUT2D eigenvalue weighted by Crippen LogP contribution is 1.96. The van der Waals surface area contributed by atoms with E-state index < -0.39 is 0 Å². The van der Waals surface area contributed by atoms with E-state index in [4.69, 9.17) is 5.11 Å². The van der Waals surface area contributed by atoms with Gasteiger partial charge in [-0.2, -0.15) is 0 Å². The minimum absolute atomic E-state index is 0.429. The normalized spacial score (nSPS) is 38.2. The number of aliphatic hydroxyl groups is 1. The maximum Gasteiger partial charge on any atom is 0.167 e. The quantitative estimate of drug-likeness (QED) is 0.357. The first-order valence-electron chi connectivity index (χ1n) is 2.77. The molecule has 0 aromatic heterocycles. The van der Waals surface area contributed by atoms with Crippen molar-refractivity contribution >= 4 is 7.98 Å². The first-order chi connectivity index (χ1) is 3.84. The Morgan fingerprint density at radius 2 is 2.50 bits per heavy atom. The highest BCUT2D eigenvalue weighted by Gasteiger charge is 2.18. The summed E-state index contributed by atoms with van der Waals surface area (Å²) in [5.74, 6) is 0. The number of quaternary nitrogens is 1. The third-order valence-corrected chi connectivity index (χ3v) is 1.38. The summed E-state index contributed by atoms with van der Waals surface area (Å²) in [6.07, 6.45) is 2.62. The maximum atomic E-state index is 8.76. The zero-order valence-corrected chi connectivity index (χ0v) is 4.35. The van der Waals surface area contributed by atoms with Crippen molar-refractivity contribution in [2.24, 2.45) is 0 Å². The van der Waals surface area contributed by atoms with Gasteiger partial charge in [-0.05, 0) is 6.42 Å². The third kappa shape index (κ3) is 1.04. The van der Waals surface area contributed by atoms with Crippen LogP contribution in [-0.4, -0.2) is 32.3 Å². The van der Waals surface area contributed by atoms with E-state index in [2.05, 4.69) is 0 Å². The molecule has 1 unspecified atom stereocenters. The molecule has 0 bridgehead atoms. The average molecular weight is 115 g/mol. The molecule has 0 amide bonds. The van der Waals surface area contributed by atoms with Gasteiger partial charge in [0, 0.05) is 13.0 Å². The highest BCUT2D eigenvalue weighted by atomic mass is 16.3. The summed E-state index contributed by atoms with van der Waals surface area (Å²) in [6.45, 7) is 1.78. The second-order valence-corrected chi connectivity index (χ2v) is 1.98. The van der Waals surface area contributed by atoms with Crippen molar-refractivity contribution in [3.8, 4) is 0 Å². The Bertz CT molecular complexity index is 78.8. The second-order valence-electron chi connectivity index (χ2n) is 1.98. The molecule has 1 aliphatic rings. The number of rotatable bonds is 1. The minimum Gasteiger partial charge on any atom is -0.529 e. The van der Waals surface area contributed by atoms with Crippen molar-refractivity contribution in [2.45, 2.75) is 18.9 Å². The summed E-state index contributed by atoms with van der Waals surface area (Å²) >= 11 is 0. The molecule has 1 aliphatic heterocycles. The average Bonchev–Trinajstić information content (AvgIpc) is 2.14. The lowest BCUT2D eigenvalue weighted by molar-refractivity contribution is -0.793. The number of aliphatic hydroxyl groups excluding tert-OH is 1. The molecule has 0 aromatic rings. The summed E-state index contributed by atoms with van der Waals surface area (Å²) in [4.78, 5) is 1.74. The highest BCUT2D eigenvalue weighted by molar-refractivity contribution is 5.95. The van der Waals surface area contributed by atoms with E-state index in [0.717, 1.165) is 0 Å². The Morgan fingerprint density at radius 3 is 2.75 bits per heavy atom. The molecular weight excluding hydrogens is 101 g/mol. The van der Waals surface area contributed by atoms with Crippen molar-refractivity contribution < 1.29 is 9.92 Å². The Kier molecular flexibility index (Phi) is 1.92. The second kappa shape index (κ2) is 2.51. The lowest BCUT2D eigenvalue weighted by Gasteiger charge is -2.20. The van der Waals surface area contributed by atoms with E-state index in [1.807, 2.05) is 0 Å². The van der Waals surface area contributed by atoms with Gasteiger partial charge in [0.25, 0.3) is 0 Å². The molecule has 1 saturated heterocycles. The molecule has 1 fully saturated rings. The fourth-order valence-corrected chi connectivity index (χ4v) is 0.913. The molecule has 2 nitrogen and oxygen atoms in total. The van der Waals surface area contributed by atoms with Crippen LogP contribution in [0.1, 0.15) is 12.8 Å². The van der Waals surface area contributed by atoms with E-state index >= 15 is 0 Å². The van der Waals surface area contributed by atoms with Crippen LogP contribution in [0, 0.1) is 0 Å². The predicted octanol–water partition coefficient (Wildman–Crippen LogP) is -2.69. The molecule has 1 heterocycles. The van der Waals surface area contributed by atoms with Gasteiger partial charge in [-0.15, -0.1) is 0 Å². The number of hydrogen-bond acceptors (Lipinski definition) is 1. The molecule has 0 aliphatic carbocycles. The first kappa shape index (κ1) is 6.11. The Balaban J connectivity index is 2.30. The topological polar surface area (TPSA) is 24.7 Å². The van der Waals surface area contributed by atoms with Crippen LogP contribution in [0.3, 0.4) is 0 Å². The Morgan fingerprint density at radius 1 is 1.75 bits per heavy atom. The van der Waals surface area contributed by atoms with Crippen LogP contribution in [0.5, 0.6) is 0 Å². The largest absolute Gasteiger partial charge is 0.529 e. The summed E-state index contributed by atoms with van der Waals surface area (Å²) in [7, 11) is 0.447. The van der Waals surface area contributed by atoms with Crippen molar-refractivity contribution in [2.75, 3.05) is 13.2 Å². The van der Waals surface area contributed by atoms with Gasteiger partial charge in [0.2, 0.25) is 0 Å². The van der Waals surface area contributed by atoms with E-state index in [1.54, 1.807) is 4.81 Å². The van der Waals surface area contributed by atoms with Crippen molar-refractivity contribution in [3.05, 3.63) is 0 Å². The molecule has 0 spiro atoms. The first-order valence-corrected chi connectivity index (χ1v) is 2.77. The molecule has 2 atom stereocenters. The fraction of sp³-hybridized carbons (Fsp3) is 1.00. The zero-order valence-electron chi connectivity index (χ0n) is 4.35. The Labute approximate surface area is 50.9 Å². The summed E-state index contributed by atoms with van der Waals surface area (Å²) in [5, 5.41) is 8.76. The summed E-state index contributed by atoms with van der Waals surface area (Å²) in [6, 6.07) is 0.648. The monoisotopic (exact) mass is 115 g/mol. The van der Waals surface area contributed by atoms with Gasteiger partial charge in [-0.1, -0.05) is 0 Å². The van der Waals surface area contributed by atoms with Gasteiger partial charge in [0.05, 0.1) is 12.6 Å².